The molecule has 2 aliphatic rings. The molecule has 2 N–H and O–H groups in total. The summed E-state index contributed by atoms with van der Waals surface area (Å²) in [5.74, 6) is 0.0265. The van der Waals surface area contributed by atoms with Crippen molar-refractivity contribution in [3.8, 4) is 0 Å². The van der Waals surface area contributed by atoms with E-state index < -0.39 is 5.91 Å². The van der Waals surface area contributed by atoms with Gasteiger partial charge in [0.05, 0.1) is 0 Å². The number of nitrogens with zero attached hydrogens (tertiary/aromatic N) is 1. The van der Waals surface area contributed by atoms with E-state index in [1.54, 1.807) is 24.3 Å². The van der Waals surface area contributed by atoms with Crippen molar-refractivity contribution >= 4 is 11.8 Å². The Kier molecular flexibility index (Phi) is 4.04. The number of primary amides is 1. The number of fused-ring (bicyclic) bond motifs is 3. The maximum atomic E-state index is 13.1. The number of hydrogen-bond donors (Lipinski definition) is 1. The molecule has 128 valence electrons. The zero-order valence-electron chi connectivity index (χ0n) is 14.2. The highest BCUT2D eigenvalue weighted by molar-refractivity contribution is 5.97. The Balaban J connectivity index is 1.60. The highest BCUT2D eigenvalue weighted by Crippen LogP contribution is 2.41. The smallest absolute Gasteiger partial charge is 0.254 e. The molecule has 25 heavy (non-hydrogen) atoms. The highest BCUT2D eigenvalue weighted by Gasteiger charge is 2.38. The number of benzene rings is 2. The first kappa shape index (κ1) is 15.9. The fourth-order valence-corrected chi connectivity index (χ4v) is 4.40. The van der Waals surface area contributed by atoms with Gasteiger partial charge in [0.15, 0.2) is 0 Å². The third-order valence-electron chi connectivity index (χ3n) is 5.62. The lowest BCUT2D eigenvalue weighted by atomic mass is 9.74. The van der Waals surface area contributed by atoms with Gasteiger partial charge in [-0.15, -0.1) is 0 Å². The maximum absolute atomic E-state index is 13.1. The zero-order chi connectivity index (χ0) is 17.4. The van der Waals surface area contributed by atoms with Gasteiger partial charge in [-0.05, 0) is 61.1 Å². The summed E-state index contributed by atoms with van der Waals surface area (Å²) >= 11 is 0. The Hall–Kier alpha value is -2.62. The Morgan fingerprint density at radius 2 is 1.68 bits per heavy atom. The Bertz CT molecular complexity index is 813. The number of likely N-dealkylation sites (tertiary alicyclic amines) is 1. The maximum Gasteiger partial charge on any atom is 0.254 e. The quantitative estimate of drug-likeness (QED) is 0.917. The van der Waals surface area contributed by atoms with Gasteiger partial charge >= 0.3 is 0 Å². The van der Waals surface area contributed by atoms with Crippen molar-refractivity contribution in [2.75, 3.05) is 6.54 Å². The van der Waals surface area contributed by atoms with Gasteiger partial charge in [0, 0.05) is 29.6 Å². The van der Waals surface area contributed by atoms with Crippen molar-refractivity contribution in [1.82, 2.24) is 4.90 Å². The van der Waals surface area contributed by atoms with Crippen LogP contribution >= 0.6 is 0 Å². The Morgan fingerprint density at radius 3 is 2.44 bits per heavy atom. The first-order chi connectivity index (χ1) is 12.1. The number of amides is 2. The van der Waals surface area contributed by atoms with Gasteiger partial charge in [-0.3, -0.25) is 9.59 Å². The number of rotatable bonds is 2. The van der Waals surface area contributed by atoms with Gasteiger partial charge in [0.1, 0.15) is 0 Å². The van der Waals surface area contributed by atoms with Crippen LogP contribution < -0.4 is 5.73 Å². The Labute approximate surface area is 147 Å². The van der Waals surface area contributed by atoms with E-state index >= 15 is 0 Å². The minimum atomic E-state index is -0.471. The van der Waals surface area contributed by atoms with Crippen LogP contribution in [0, 0.1) is 0 Å². The normalized spacial score (nSPS) is 22.0. The molecule has 1 saturated heterocycles. The summed E-state index contributed by atoms with van der Waals surface area (Å²) in [5.41, 5.74) is 9.19. The molecule has 1 heterocycles. The molecule has 1 aliphatic carbocycles. The van der Waals surface area contributed by atoms with Crippen LogP contribution in [0.5, 0.6) is 0 Å². The molecule has 1 aliphatic heterocycles. The number of nitrogens with two attached hydrogens (primary N) is 1. The van der Waals surface area contributed by atoms with Crippen LogP contribution in [-0.2, 0) is 6.42 Å². The predicted molar refractivity (Wildman–Crippen MR) is 96.5 cm³/mol. The van der Waals surface area contributed by atoms with E-state index in [1.807, 2.05) is 4.90 Å². The van der Waals surface area contributed by atoms with E-state index in [1.165, 1.54) is 11.1 Å². The summed E-state index contributed by atoms with van der Waals surface area (Å²) < 4.78 is 0. The van der Waals surface area contributed by atoms with Crippen molar-refractivity contribution in [3.63, 3.8) is 0 Å². The zero-order valence-corrected chi connectivity index (χ0v) is 14.2. The van der Waals surface area contributed by atoms with Crippen molar-refractivity contribution < 1.29 is 9.59 Å². The van der Waals surface area contributed by atoms with E-state index in [0.29, 0.717) is 17.0 Å². The summed E-state index contributed by atoms with van der Waals surface area (Å²) in [7, 11) is 0. The largest absolute Gasteiger partial charge is 0.366 e. The number of carbonyl (C=O) groups is 2. The minimum absolute atomic E-state index is 0.0603. The third kappa shape index (κ3) is 2.82. The van der Waals surface area contributed by atoms with Crippen LogP contribution in [0.4, 0.5) is 0 Å². The average Bonchev–Trinajstić information content (AvgIpc) is 2.67. The van der Waals surface area contributed by atoms with Crippen LogP contribution in [0.15, 0.2) is 48.5 Å². The monoisotopic (exact) mass is 334 g/mol. The fraction of sp³-hybridized carbons (Fsp3) is 0.333. The lowest BCUT2D eigenvalue weighted by Crippen LogP contribution is -2.49. The van der Waals surface area contributed by atoms with E-state index in [2.05, 4.69) is 24.3 Å². The van der Waals surface area contributed by atoms with E-state index in [0.717, 1.165) is 32.2 Å². The van der Waals surface area contributed by atoms with Crippen LogP contribution in [-0.4, -0.2) is 29.3 Å². The SMILES string of the molecule is NC(=O)c1ccc(C(=O)N2CCCC3c4ccccc4CCC32)cc1. The molecule has 0 saturated carbocycles. The molecule has 2 unspecified atom stereocenters. The number of aryl methyl sites for hydroxylation is 1. The summed E-state index contributed by atoms with van der Waals surface area (Å²) in [6, 6.07) is 15.6. The van der Waals surface area contributed by atoms with E-state index in [9.17, 15) is 9.59 Å². The molecule has 2 aromatic rings. The van der Waals surface area contributed by atoms with Gasteiger partial charge in [-0.1, -0.05) is 24.3 Å². The van der Waals surface area contributed by atoms with Crippen molar-refractivity contribution in [1.29, 1.82) is 0 Å². The number of piperidine rings is 1. The van der Waals surface area contributed by atoms with Crippen molar-refractivity contribution in [2.45, 2.75) is 37.6 Å². The predicted octanol–water partition coefficient (Wildman–Crippen LogP) is 3.12. The van der Waals surface area contributed by atoms with Crippen LogP contribution in [0.25, 0.3) is 0 Å². The molecule has 2 atom stereocenters. The molecule has 1 fully saturated rings. The molecule has 0 spiro atoms. The van der Waals surface area contributed by atoms with Gasteiger partial charge in [0.2, 0.25) is 5.91 Å². The summed E-state index contributed by atoms with van der Waals surface area (Å²) in [6.45, 7) is 0.805. The third-order valence-corrected chi connectivity index (χ3v) is 5.62. The van der Waals surface area contributed by atoms with Gasteiger partial charge in [-0.25, -0.2) is 0 Å². The second kappa shape index (κ2) is 6.36. The summed E-state index contributed by atoms with van der Waals surface area (Å²) in [6.07, 6.45) is 4.22. The molecule has 4 heteroatoms. The lowest BCUT2D eigenvalue weighted by molar-refractivity contribution is 0.0546. The number of hydrogen-bond acceptors (Lipinski definition) is 2. The van der Waals surface area contributed by atoms with Gasteiger partial charge in [-0.2, -0.15) is 0 Å². The second-order valence-electron chi connectivity index (χ2n) is 6.99. The van der Waals surface area contributed by atoms with E-state index in [-0.39, 0.29) is 11.9 Å². The molecule has 4 rings (SSSR count). The van der Waals surface area contributed by atoms with E-state index in [4.69, 9.17) is 5.73 Å². The first-order valence-electron chi connectivity index (χ1n) is 8.94. The van der Waals surface area contributed by atoms with Crippen molar-refractivity contribution in [2.24, 2.45) is 5.73 Å². The summed E-state index contributed by atoms with van der Waals surface area (Å²) in [4.78, 5) is 26.3. The second-order valence-corrected chi connectivity index (χ2v) is 6.99. The van der Waals surface area contributed by atoms with Crippen molar-refractivity contribution in [3.05, 3.63) is 70.8 Å². The Morgan fingerprint density at radius 1 is 0.960 bits per heavy atom. The average molecular weight is 334 g/mol. The van der Waals surface area contributed by atoms with Gasteiger partial charge in [0.25, 0.3) is 5.91 Å². The minimum Gasteiger partial charge on any atom is -0.366 e. The summed E-state index contributed by atoms with van der Waals surface area (Å²) in [5, 5.41) is 0. The molecule has 0 bridgehead atoms. The molecular weight excluding hydrogens is 312 g/mol. The van der Waals surface area contributed by atoms with Crippen LogP contribution in [0.1, 0.15) is 57.0 Å². The molecule has 0 radical (unpaired) electrons. The first-order valence-corrected chi connectivity index (χ1v) is 8.94. The standard InChI is InChI=1S/C21H22N2O2/c22-20(24)15-7-9-16(10-8-15)21(25)23-13-3-6-18-17-5-2-1-4-14(17)11-12-19(18)23/h1-2,4-5,7-10,18-19H,3,6,11-13H2,(H2,22,24). The molecule has 0 aromatic heterocycles. The topological polar surface area (TPSA) is 63.4 Å². The molecule has 2 aromatic carbocycles. The van der Waals surface area contributed by atoms with Crippen LogP contribution in [0.2, 0.25) is 0 Å². The lowest BCUT2D eigenvalue weighted by Gasteiger charge is -2.45. The highest BCUT2D eigenvalue weighted by atomic mass is 16.2. The number of carbonyl (C=O) groups excluding carboxylic acids is 2. The van der Waals surface area contributed by atoms with Crippen LogP contribution in [0.3, 0.4) is 0 Å². The molecule has 2 amide bonds. The molecule has 4 nitrogen and oxygen atoms in total. The fourth-order valence-electron chi connectivity index (χ4n) is 4.40. The van der Waals surface area contributed by atoms with Gasteiger partial charge < -0.3 is 10.6 Å². The molecular formula is C21H22N2O2.